The predicted octanol–water partition coefficient (Wildman–Crippen LogP) is 1.12. The first-order valence-corrected chi connectivity index (χ1v) is 5.66. The van der Waals surface area contributed by atoms with Gasteiger partial charge in [0.2, 0.25) is 5.88 Å². The third kappa shape index (κ3) is 3.13. The molecule has 16 heavy (non-hydrogen) atoms. The molecular formula is C11H22N4O. The number of likely N-dealkylation sites (N-methyl/N-ethyl adjacent to an activating group) is 1. The first-order chi connectivity index (χ1) is 7.56. The smallest absolute Gasteiger partial charge is 0.236 e. The number of nitrogens with zero attached hydrogens (tertiary/aromatic N) is 3. The third-order valence-electron chi connectivity index (χ3n) is 2.34. The van der Waals surface area contributed by atoms with E-state index in [2.05, 4.69) is 16.9 Å². The first-order valence-electron chi connectivity index (χ1n) is 5.66. The Morgan fingerprint density at radius 3 is 2.69 bits per heavy atom. The first kappa shape index (κ1) is 12.8. The molecule has 0 aliphatic carbocycles. The molecule has 92 valence electrons. The molecule has 5 nitrogen and oxygen atoms in total. The van der Waals surface area contributed by atoms with Crippen molar-refractivity contribution in [3.8, 4) is 5.88 Å². The van der Waals surface area contributed by atoms with Crippen molar-refractivity contribution in [3.63, 3.8) is 0 Å². The highest BCUT2D eigenvalue weighted by atomic mass is 16.5. The summed E-state index contributed by atoms with van der Waals surface area (Å²) in [4.78, 5) is 2.07. The van der Waals surface area contributed by atoms with E-state index in [4.69, 9.17) is 10.5 Å². The Hall–Kier alpha value is -1.23. The van der Waals surface area contributed by atoms with Gasteiger partial charge < -0.3 is 15.4 Å². The summed E-state index contributed by atoms with van der Waals surface area (Å²) >= 11 is 0. The molecule has 0 aliphatic heterocycles. The topological polar surface area (TPSA) is 56.3 Å². The number of ether oxygens (including phenoxy) is 1. The number of nitrogens with two attached hydrogens (primary N) is 1. The summed E-state index contributed by atoms with van der Waals surface area (Å²) < 4.78 is 7.53. The molecule has 5 heteroatoms. The lowest BCUT2D eigenvalue weighted by Crippen LogP contribution is -2.20. The number of aromatic nitrogens is 2. The van der Waals surface area contributed by atoms with Crippen molar-refractivity contribution in [2.45, 2.75) is 26.8 Å². The van der Waals surface area contributed by atoms with Gasteiger partial charge in [-0.2, -0.15) is 5.10 Å². The average Bonchev–Trinajstić information content (AvgIpc) is 2.46. The summed E-state index contributed by atoms with van der Waals surface area (Å²) in [6.45, 7) is 6.36. The Labute approximate surface area is 97.2 Å². The molecule has 0 saturated heterocycles. The lowest BCUT2D eigenvalue weighted by atomic mass is 10.4. The molecular weight excluding hydrogens is 204 g/mol. The minimum atomic E-state index is 0.631. The monoisotopic (exact) mass is 226 g/mol. The van der Waals surface area contributed by atoms with Gasteiger partial charge in [-0.3, -0.25) is 0 Å². The highest BCUT2D eigenvalue weighted by molar-refractivity contribution is 5.52. The fraction of sp³-hybridized carbons (Fsp3) is 0.727. The van der Waals surface area contributed by atoms with Crippen molar-refractivity contribution in [3.05, 3.63) is 5.69 Å². The van der Waals surface area contributed by atoms with E-state index in [-0.39, 0.29) is 0 Å². The molecule has 0 fully saturated rings. The van der Waals surface area contributed by atoms with Crippen molar-refractivity contribution in [2.75, 3.05) is 33.0 Å². The second-order valence-corrected chi connectivity index (χ2v) is 4.18. The van der Waals surface area contributed by atoms with E-state index in [9.17, 15) is 0 Å². The van der Waals surface area contributed by atoms with Gasteiger partial charge in [0, 0.05) is 13.1 Å². The van der Waals surface area contributed by atoms with Crippen molar-refractivity contribution in [1.82, 2.24) is 14.7 Å². The van der Waals surface area contributed by atoms with E-state index in [1.807, 2.05) is 25.7 Å². The standard InChI is InChI=1S/C11H22N4O/c1-5-6-15-11(10(12)9(2)13-15)16-8-7-14(3)4/h5-8,12H2,1-4H3. The number of nitrogen functional groups attached to an aromatic ring is 1. The molecule has 0 radical (unpaired) electrons. The van der Waals surface area contributed by atoms with Gasteiger partial charge in [-0.25, -0.2) is 4.68 Å². The minimum absolute atomic E-state index is 0.631. The van der Waals surface area contributed by atoms with Crippen molar-refractivity contribution < 1.29 is 4.74 Å². The molecule has 0 aliphatic rings. The molecule has 0 aromatic carbocycles. The molecule has 1 aromatic rings. The van der Waals surface area contributed by atoms with Crippen LogP contribution in [0, 0.1) is 6.92 Å². The van der Waals surface area contributed by atoms with Gasteiger partial charge in [0.05, 0.1) is 5.69 Å². The summed E-state index contributed by atoms with van der Waals surface area (Å²) in [6, 6.07) is 0. The fourth-order valence-electron chi connectivity index (χ4n) is 1.41. The Balaban J connectivity index is 2.68. The molecule has 1 rings (SSSR count). The van der Waals surface area contributed by atoms with Gasteiger partial charge >= 0.3 is 0 Å². The SMILES string of the molecule is CCCn1nc(C)c(N)c1OCCN(C)C. The molecule has 0 bridgehead atoms. The maximum Gasteiger partial charge on any atom is 0.236 e. The van der Waals surface area contributed by atoms with Crippen LogP contribution in [-0.2, 0) is 6.54 Å². The summed E-state index contributed by atoms with van der Waals surface area (Å²) in [5, 5.41) is 4.35. The van der Waals surface area contributed by atoms with Gasteiger partial charge in [0.25, 0.3) is 0 Å². The van der Waals surface area contributed by atoms with Gasteiger partial charge in [0.15, 0.2) is 0 Å². The van der Waals surface area contributed by atoms with Crippen LogP contribution < -0.4 is 10.5 Å². The molecule has 0 unspecified atom stereocenters. The maximum atomic E-state index is 5.93. The molecule has 0 saturated carbocycles. The zero-order valence-corrected chi connectivity index (χ0v) is 10.7. The molecule has 0 spiro atoms. The van der Waals surface area contributed by atoms with Crippen molar-refractivity contribution in [2.24, 2.45) is 0 Å². The number of anilines is 1. The summed E-state index contributed by atoms with van der Waals surface area (Å²) in [6.07, 6.45) is 1.02. The Kier molecular flexibility index (Phi) is 4.61. The highest BCUT2D eigenvalue weighted by Gasteiger charge is 2.13. The van der Waals surface area contributed by atoms with Crippen molar-refractivity contribution in [1.29, 1.82) is 0 Å². The lowest BCUT2D eigenvalue weighted by molar-refractivity contribution is 0.241. The quantitative estimate of drug-likeness (QED) is 0.790. The van der Waals surface area contributed by atoms with Gasteiger partial charge in [-0.05, 0) is 27.4 Å². The van der Waals surface area contributed by atoms with Crippen LogP contribution >= 0.6 is 0 Å². The van der Waals surface area contributed by atoms with E-state index >= 15 is 0 Å². The highest BCUT2D eigenvalue weighted by Crippen LogP contribution is 2.24. The molecule has 0 atom stereocenters. The van der Waals surface area contributed by atoms with Gasteiger partial charge in [0.1, 0.15) is 12.3 Å². The summed E-state index contributed by atoms with van der Waals surface area (Å²) in [7, 11) is 4.03. The van der Waals surface area contributed by atoms with Crippen LogP contribution in [0.3, 0.4) is 0 Å². The number of aryl methyl sites for hydroxylation is 2. The van der Waals surface area contributed by atoms with E-state index in [1.54, 1.807) is 0 Å². The summed E-state index contributed by atoms with van der Waals surface area (Å²) in [5.41, 5.74) is 7.43. The van der Waals surface area contributed by atoms with Gasteiger partial charge in [-0.15, -0.1) is 0 Å². The number of rotatable bonds is 6. The van der Waals surface area contributed by atoms with Crippen molar-refractivity contribution >= 4 is 5.69 Å². The lowest BCUT2D eigenvalue weighted by Gasteiger charge is -2.12. The van der Waals surface area contributed by atoms with Crippen LogP contribution in [0.25, 0.3) is 0 Å². The Bertz CT molecular complexity index is 333. The third-order valence-corrected chi connectivity index (χ3v) is 2.34. The van der Waals surface area contributed by atoms with Crippen LogP contribution in [-0.4, -0.2) is 41.9 Å². The van der Waals surface area contributed by atoms with Crippen LogP contribution in [0.5, 0.6) is 5.88 Å². The Morgan fingerprint density at radius 1 is 1.44 bits per heavy atom. The minimum Gasteiger partial charge on any atom is -0.475 e. The second kappa shape index (κ2) is 5.75. The Morgan fingerprint density at radius 2 is 2.12 bits per heavy atom. The zero-order valence-electron chi connectivity index (χ0n) is 10.7. The number of hydrogen-bond donors (Lipinski definition) is 1. The molecule has 1 heterocycles. The second-order valence-electron chi connectivity index (χ2n) is 4.18. The number of hydrogen-bond acceptors (Lipinski definition) is 4. The van der Waals surface area contributed by atoms with Crippen LogP contribution in [0.1, 0.15) is 19.0 Å². The van der Waals surface area contributed by atoms with Crippen LogP contribution in [0.2, 0.25) is 0 Å². The van der Waals surface area contributed by atoms with E-state index < -0.39 is 0 Å². The normalized spacial score (nSPS) is 11.1. The molecule has 0 amide bonds. The van der Waals surface area contributed by atoms with E-state index in [0.29, 0.717) is 18.2 Å². The fourth-order valence-corrected chi connectivity index (χ4v) is 1.41. The van der Waals surface area contributed by atoms with E-state index in [1.165, 1.54) is 0 Å². The average molecular weight is 226 g/mol. The van der Waals surface area contributed by atoms with Crippen LogP contribution in [0.4, 0.5) is 5.69 Å². The summed E-state index contributed by atoms with van der Waals surface area (Å²) in [5.74, 6) is 0.709. The maximum absolute atomic E-state index is 5.93. The van der Waals surface area contributed by atoms with E-state index in [0.717, 1.165) is 25.2 Å². The molecule has 2 N–H and O–H groups in total. The molecule has 1 aromatic heterocycles. The van der Waals surface area contributed by atoms with Gasteiger partial charge in [-0.1, -0.05) is 6.92 Å². The largest absolute Gasteiger partial charge is 0.475 e. The zero-order chi connectivity index (χ0) is 12.1. The van der Waals surface area contributed by atoms with Crippen LogP contribution in [0.15, 0.2) is 0 Å². The predicted molar refractivity (Wildman–Crippen MR) is 65.7 cm³/mol.